The average Bonchev–Trinajstić information content (AvgIpc) is 3.20. The van der Waals surface area contributed by atoms with Crippen molar-refractivity contribution < 1.29 is 19.4 Å². The lowest BCUT2D eigenvalue weighted by atomic mass is 9.44. The van der Waals surface area contributed by atoms with Crippen LogP contribution in [0.3, 0.4) is 0 Å². The molecule has 5 rings (SSSR count). The summed E-state index contributed by atoms with van der Waals surface area (Å²) in [5, 5.41) is 9.25. The molecule has 0 aromatic rings. The van der Waals surface area contributed by atoms with Gasteiger partial charge in [-0.3, -0.25) is 9.59 Å². The van der Waals surface area contributed by atoms with Crippen LogP contribution in [0.25, 0.3) is 0 Å². The zero-order valence-corrected chi connectivity index (χ0v) is 19.9. The number of hydrogen-bond donors (Lipinski definition) is 1. The summed E-state index contributed by atoms with van der Waals surface area (Å²) in [6.07, 6.45) is 11.3. The first-order chi connectivity index (χ1) is 14.6. The molecule has 4 saturated carbocycles. The molecule has 1 aliphatic heterocycles. The monoisotopic (exact) mass is 430 g/mol. The smallest absolute Gasteiger partial charge is 0.306 e. The second-order valence-corrected chi connectivity index (χ2v) is 12.6. The largest absolute Gasteiger partial charge is 0.481 e. The second kappa shape index (κ2) is 7.57. The van der Waals surface area contributed by atoms with E-state index < -0.39 is 5.97 Å². The van der Waals surface area contributed by atoms with Gasteiger partial charge in [0.05, 0.1) is 18.1 Å². The normalized spacial score (nSPS) is 52.1. The lowest BCUT2D eigenvalue weighted by molar-refractivity contribution is -0.141. The van der Waals surface area contributed by atoms with Crippen LogP contribution in [0, 0.1) is 52.3 Å². The van der Waals surface area contributed by atoms with Crippen molar-refractivity contribution in [3.63, 3.8) is 0 Å². The number of carbonyl (C=O) groups is 2. The third-order valence-corrected chi connectivity index (χ3v) is 11.4. The molecular weight excluding hydrogens is 388 g/mol. The van der Waals surface area contributed by atoms with Gasteiger partial charge in [-0.2, -0.15) is 0 Å². The summed E-state index contributed by atoms with van der Waals surface area (Å²) in [6.45, 7) is 9.29. The van der Waals surface area contributed by atoms with Crippen molar-refractivity contribution in [1.82, 2.24) is 0 Å². The van der Waals surface area contributed by atoms with E-state index in [2.05, 4.69) is 20.8 Å². The standard InChI is InChI=1S/C27H42O4/c1-15(25(29)30)5-8-22-16(2)24-23(31-22)14-21-19-7-6-17-13-18(28)9-11-26(17,3)20(19)10-12-27(21,24)4/h15-17,19-24H,5-14H2,1-4H3,(H,29,30). The minimum Gasteiger partial charge on any atom is -0.481 e. The summed E-state index contributed by atoms with van der Waals surface area (Å²) in [4.78, 5) is 23.4. The fraction of sp³-hybridized carbons (Fsp3) is 0.926. The van der Waals surface area contributed by atoms with Gasteiger partial charge in [0.1, 0.15) is 5.78 Å². The molecule has 1 heterocycles. The number of carboxylic acid groups (broad SMARTS) is 1. The van der Waals surface area contributed by atoms with Crippen molar-refractivity contribution in [2.75, 3.05) is 0 Å². The van der Waals surface area contributed by atoms with Crippen LogP contribution in [-0.2, 0) is 14.3 Å². The second-order valence-electron chi connectivity index (χ2n) is 12.6. The lowest BCUT2D eigenvalue weighted by Crippen LogP contribution is -2.54. The van der Waals surface area contributed by atoms with Crippen LogP contribution < -0.4 is 0 Å². The van der Waals surface area contributed by atoms with Crippen molar-refractivity contribution in [2.45, 2.75) is 104 Å². The Bertz CT molecular complexity index is 748. The third-order valence-electron chi connectivity index (χ3n) is 11.4. The van der Waals surface area contributed by atoms with Crippen molar-refractivity contribution >= 4 is 11.8 Å². The molecule has 31 heavy (non-hydrogen) atoms. The van der Waals surface area contributed by atoms with E-state index in [1.807, 2.05) is 6.92 Å². The summed E-state index contributed by atoms with van der Waals surface area (Å²) in [5.41, 5.74) is 0.740. The van der Waals surface area contributed by atoms with E-state index in [-0.39, 0.29) is 12.0 Å². The van der Waals surface area contributed by atoms with Crippen LogP contribution in [0.15, 0.2) is 0 Å². The van der Waals surface area contributed by atoms with Gasteiger partial charge in [-0.15, -0.1) is 0 Å². The number of aliphatic carboxylic acids is 1. The minimum absolute atomic E-state index is 0.227. The number of carbonyl (C=O) groups excluding carboxylic acids is 1. The molecule has 5 fully saturated rings. The first-order valence-electron chi connectivity index (χ1n) is 13.0. The number of carboxylic acids is 1. The molecule has 5 aliphatic rings. The van der Waals surface area contributed by atoms with E-state index in [1.165, 1.54) is 32.1 Å². The highest BCUT2D eigenvalue weighted by molar-refractivity contribution is 5.79. The zero-order chi connectivity index (χ0) is 22.1. The molecule has 0 radical (unpaired) electrons. The lowest BCUT2D eigenvalue weighted by Gasteiger charge is -2.60. The van der Waals surface area contributed by atoms with Gasteiger partial charge in [0.15, 0.2) is 0 Å². The molecule has 174 valence electrons. The number of ketones is 1. The van der Waals surface area contributed by atoms with Crippen molar-refractivity contribution in [1.29, 1.82) is 0 Å². The van der Waals surface area contributed by atoms with E-state index in [0.29, 0.717) is 46.9 Å². The van der Waals surface area contributed by atoms with Gasteiger partial charge in [-0.05, 0) is 97.7 Å². The summed E-state index contributed by atoms with van der Waals surface area (Å²) in [7, 11) is 0. The maximum Gasteiger partial charge on any atom is 0.306 e. The van der Waals surface area contributed by atoms with Gasteiger partial charge < -0.3 is 9.84 Å². The highest BCUT2D eigenvalue weighted by Gasteiger charge is 2.65. The Hall–Kier alpha value is -0.900. The molecule has 1 N–H and O–H groups in total. The number of Topliss-reactive ketones (excluding diaryl/α,β-unsaturated/α-hetero) is 1. The molecule has 0 aromatic carbocycles. The SMILES string of the molecule is CC(CCC1OC2CC3C4CCC5CC(=O)CCC5(C)C4CCC3(C)C2C1C)C(=O)O. The van der Waals surface area contributed by atoms with Gasteiger partial charge in [0.2, 0.25) is 0 Å². The predicted octanol–water partition coefficient (Wildman–Crippen LogP) is 5.73. The van der Waals surface area contributed by atoms with E-state index >= 15 is 0 Å². The number of ether oxygens (including phenoxy) is 1. The molecule has 0 bridgehead atoms. The maximum atomic E-state index is 12.1. The minimum atomic E-state index is -0.690. The summed E-state index contributed by atoms with van der Waals surface area (Å²) in [5.74, 6) is 3.66. The van der Waals surface area contributed by atoms with E-state index in [9.17, 15) is 14.7 Å². The van der Waals surface area contributed by atoms with Crippen LogP contribution in [-0.4, -0.2) is 29.1 Å². The van der Waals surface area contributed by atoms with Crippen LogP contribution in [0.4, 0.5) is 0 Å². The number of hydrogen-bond acceptors (Lipinski definition) is 3. The molecule has 0 spiro atoms. The zero-order valence-electron chi connectivity index (χ0n) is 19.9. The highest BCUT2D eigenvalue weighted by Crippen LogP contribution is 2.69. The molecule has 4 heteroatoms. The van der Waals surface area contributed by atoms with Gasteiger partial charge in [-0.1, -0.05) is 27.7 Å². The predicted molar refractivity (Wildman–Crippen MR) is 119 cm³/mol. The Morgan fingerprint density at radius 1 is 1.16 bits per heavy atom. The molecule has 11 atom stereocenters. The van der Waals surface area contributed by atoms with E-state index in [0.717, 1.165) is 43.4 Å². The Kier molecular flexibility index (Phi) is 5.35. The fourth-order valence-corrected chi connectivity index (χ4v) is 9.60. The molecule has 4 nitrogen and oxygen atoms in total. The number of rotatable bonds is 4. The summed E-state index contributed by atoms with van der Waals surface area (Å²) in [6, 6.07) is 0. The number of fused-ring (bicyclic) bond motifs is 7. The van der Waals surface area contributed by atoms with Gasteiger partial charge in [0.25, 0.3) is 0 Å². The van der Waals surface area contributed by atoms with E-state index in [1.54, 1.807) is 0 Å². The molecule has 0 aromatic heterocycles. The Balaban J connectivity index is 1.31. The third kappa shape index (κ3) is 3.25. The van der Waals surface area contributed by atoms with Gasteiger partial charge in [0, 0.05) is 12.8 Å². The quantitative estimate of drug-likeness (QED) is 0.619. The molecule has 1 saturated heterocycles. The van der Waals surface area contributed by atoms with Crippen LogP contribution in [0.1, 0.15) is 91.9 Å². The molecule has 0 amide bonds. The van der Waals surface area contributed by atoms with Crippen LogP contribution >= 0.6 is 0 Å². The Morgan fingerprint density at radius 3 is 2.68 bits per heavy atom. The Labute approximate surface area is 187 Å². The summed E-state index contributed by atoms with van der Waals surface area (Å²) >= 11 is 0. The van der Waals surface area contributed by atoms with Crippen molar-refractivity contribution in [3.8, 4) is 0 Å². The van der Waals surface area contributed by atoms with Gasteiger partial charge >= 0.3 is 5.97 Å². The molecule has 4 aliphatic carbocycles. The molecule has 11 unspecified atom stereocenters. The van der Waals surface area contributed by atoms with Gasteiger partial charge in [-0.25, -0.2) is 0 Å². The first-order valence-corrected chi connectivity index (χ1v) is 13.0. The Morgan fingerprint density at radius 2 is 1.94 bits per heavy atom. The molecular formula is C27H42O4. The average molecular weight is 431 g/mol. The topological polar surface area (TPSA) is 63.6 Å². The van der Waals surface area contributed by atoms with Crippen LogP contribution in [0.2, 0.25) is 0 Å². The van der Waals surface area contributed by atoms with Crippen molar-refractivity contribution in [2.24, 2.45) is 52.3 Å². The van der Waals surface area contributed by atoms with Crippen molar-refractivity contribution in [3.05, 3.63) is 0 Å². The van der Waals surface area contributed by atoms with E-state index in [4.69, 9.17) is 4.74 Å². The summed E-state index contributed by atoms with van der Waals surface area (Å²) < 4.78 is 6.67. The van der Waals surface area contributed by atoms with Crippen LogP contribution in [0.5, 0.6) is 0 Å². The highest BCUT2D eigenvalue weighted by atomic mass is 16.5. The fourth-order valence-electron chi connectivity index (χ4n) is 9.60. The first kappa shape index (κ1) is 21.9. The maximum absolute atomic E-state index is 12.1.